The lowest BCUT2D eigenvalue weighted by molar-refractivity contribution is -0.673. The summed E-state index contributed by atoms with van der Waals surface area (Å²) in [5.74, 6) is 1.05. The van der Waals surface area contributed by atoms with Gasteiger partial charge in [-0.25, -0.2) is 4.98 Å². The van der Waals surface area contributed by atoms with E-state index in [4.69, 9.17) is 0 Å². The maximum atomic E-state index is 11.6. The molecule has 2 aliphatic heterocycles. The Morgan fingerprint density at radius 3 is 3.20 bits per heavy atom. The van der Waals surface area contributed by atoms with E-state index in [1.807, 2.05) is 12.3 Å². The van der Waals surface area contributed by atoms with Gasteiger partial charge in [-0.15, -0.1) is 0 Å². The molecular formula is C9H8N5O+. The molecule has 74 valence electrons. The minimum atomic E-state index is -0.225. The van der Waals surface area contributed by atoms with Crippen molar-refractivity contribution in [3.63, 3.8) is 0 Å². The number of fused-ring (bicyclic) bond motifs is 3. The number of hydrogen-bond acceptors (Lipinski definition) is 3. The third-order valence-corrected chi connectivity index (χ3v) is 2.27. The number of nitrogens with zero attached hydrogens (tertiary/aromatic N) is 2. The fourth-order valence-corrected chi connectivity index (χ4v) is 1.61. The van der Waals surface area contributed by atoms with E-state index >= 15 is 0 Å². The van der Waals surface area contributed by atoms with Gasteiger partial charge < -0.3 is 0 Å². The number of guanidine groups is 1. The van der Waals surface area contributed by atoms with Crippen molar-refractivity contribution >= 4 is 17.7 Å². The summed E-state index contributed by atoms with van der Waals surface area (Å²) in [6.45, 7) is 0. The average molecular weight is 202 g/mol. The molecule has 3 heterocycles. The Morgan fingerprint density at radius 1 is 1.33 bits per heavy atom. The summed E-state index contributed by atoms with van der Waals surface area (Å²) in [6, 6.07) is 0. The summed E-state index contributed by atoms with van der Waals surface area (Å²) in [7, 11) is 0. The lowest BCUT2D eigenvalue weighted by atomic mass is 10.3. The molecule has 0 spiro atoms. The van der Waals surface area contributed by atoms with Crippen LogP contribution in [0.25, 0.3) is 0 Å². The number of carbonyl (C=O) groups excluding carboxylic acids is 1. The number of amides is 1. The maximum Gasteiger partial charge on any atom is 0.318 e. The Balaban J connectivity index is 2.19. The molecule has 2 aliphatic rings. The smallest absolute Gasteiger partial charge is 0.299 e. The third-order valence-electron chi connectivity index (χ3n) is 2.27. The number of carbonyl (C=O) groups is 1. The second kappa shape index (κ2) is 2.89. The fraction of sp³-hybridized carbons (Fsp3) is 0. The third kappa shape index (κ3) is 1.12. The first-order chi connectivity index (χ1) is 7.36. The standard InChI is InChI=1S/C9H7N5O/c15-8-6-7(12-5-11-6)14-4-2-1-3-10-9(14)13-8/h1-5H,(H,11,12)(H,10,13,15)/p+1. The number of aromatic amines is 1. The predicted molar refractivity (Wildman–Crippen MR) is 52.4 cm³/mol. The molecule has 1 aromatic heterocycles. The molecule has 0 aliphatic carbocycles. The number of quaternary nitrogens is 1. The molecule has 0 aromatic carbocycles. The van der Waals surface area contributed by atoms with Crippen LogP contribution < -0.4 is 10.2 Å². The molecule has 1 atom stereocenters. The van der Waals surface area contributed by atoms with E-state index in [0.29, 0.717) is 11.7 Å². The lowest BCUT2D eigenvalue weighted by Gasteiger charge is -2.18. The van der Waals surface area contributed by atoms with Crippen LogP contribution in [-0.2, 0) is 0 Å². The Labute approximate surface area is 85.0 Å². The Bertz CT molecular complexity index is 510. The number of H-pyrrole nitrogens is 1. The summed E-state index contributed by atoms with van der Waals surface area (Å²) in [5, 5.41) is 2.69. The van der Waals surface area contributed by atoms with Gasteiger partial charge in [0, 0.05) is 6.20 Å². The van der Waals surface area contributed by atoms with Crippen molar-refractivity contribution in [2.75, 3.05) is 0 Å². The maximum absolute atomic E-state index is 11.6. The lowest BCUT2D eigenvalue weighted by Crippen LogP contribution is -3.09. The minimum Gasteiger partial charge on any atom is -0.299 e. The molecule has 1 aromatic rings. The zero-order valence-corrected chi connectivity index (χ0v) is 7.69. The van der Waals surface area contributed by atoms with Crippen LogP contribution in [0.1, 0.15) is 10.5 Å². The first-order valence-corrected chi connectivity index (χ1v) is 4.50. The van der Waals surface area contributed by atoms with Crippen molar-refractivity contribution in [1.29, 1.82) is 0 Å². The SMILES string of the molecule is O=C1NC2=NC=CC=C[NH+]2c2[nH]cnc21. The van der Waals surface area contributed by atoms with Gasteiger partial charge in [0.1, 0.15) is 6.20 Å². The molecule has 6 heteroatoms. The van der Waals surface area contributed by atoms with Crippen LogP contribution in [0.4, 0.5) is 5.82 Å². The summed E-state index contributed by atoms with van der Waals surface area (Å²) in [5.41, 5.74) is 0.413. The van der Waals surface area contributed by atoms with Gasteiger partial charge in [-0.3, -0.25) is 15.1 Å². The van der Waals surface area contributed by atoms with Crippen LogP contribution in [0.3, 0.4) is 0 Å². The van der Waals surface area contributed by atoms with Crippen LogP contribution in [-0.4, -0.2) is 21.8 Å². The molecule has 0 bridgehead atoms. The molecule has 0 radical (unpaired) electrons. The zero-order chi connectivity index (χ0) is 10.3. The molecule has 15 heavy (non-hydrogen) atoms. The van der Waals surface area contributed by atoms with E-state index in [2.05, 4.69) is 20.3 Å². The largest absolute Gasteiger partial charge is 0.318 e. The summed E-state index contributed by atoms with van der Waals surface area (Å²) < 4.78 is 0. The number of imidazole rings is 1. The van der Waals surface area contributed by atoms with Gasteiger partial charge in [-0.1, -0.05) is 0 Å². The van der Waals surface area contributed by atoms with E-state index in [0.717, 1.165) is 10.7 Å². The first kappa shape index (κ1) is 8.13. The minimum absolute atomic E-state index is 0.225. The Hall–Kier alpha value is -2.21. The van der Waals surface area contributed by atoms with Crippen LogP contribution in [0.5, 0.6) is 0 Å². The highest BCUT2D eigenvalue weighted by Crippen LogP contribution is 2.07. The van der Waals surface area contributed by atoms with Crippen LogP contribution in [0, 0.1) is 0 Å². The van der Waals surface area contributed by atoms with E-state index in [-0.39, 0.29) is 5.91 Å². The first-order valence-electron chi connectivity index (χ1n) is 4.50. The van der Waals surface area contributed by atoms with E-state index < -0.39 is 0 Å². The average Bonchev–Trinajstić information content (AvgIpc) is 2.60. The topological polar surface area (TPSA) is 74.6 Å². The summed E-state index contributed by atoms with van der Waals surface area (Å²) in [6.07, 6.45) is 8.71. The second-order valence-electron chi connectivity index (χ2n) is 3.17. The molecule has 0 saturated heterocycles. The van der Waals surface area contributed by atoms with Gasteiger partial charge in [0.25, 0.3) is 5.91 Å². The van der Waals surface area contributed by atoms with Gasteiger partial charge in [0.15, 0.2) is 0 Å². The van der Waals surface area contributed by atoms with Crippen molar-refractivity contribution in [1.82, 2.24) is 15.3 Å². The highest BCUT2D eigenvalue weighted by Gasteiger charge is 2.34. The van der Waals surface area contributed by atoms with E-state index in [1.165, 1.54) is 6.33 Å². The molecule has 1 unspecified atom stereocenters. The van der Waals surface area contributed by atoms with Crippen LogP contribution >= 0.6 is 0 Å². The Morgan fingerprint density at radius 2 is 2.27 bits per heavy atom. The number of nitrogens with one attached hydrogen (secondary N) is 3. The highest BCUT2D eigenvalue weighted by atomic mass is 16.2. The number of allylic oxidation sites excluding steroid dienone is 2. The fourth-order valence-electron chi connectivity index (χ4n) is 1.61. The molecule has 0 fully saturated rings. The number of aliphatic imine (C=N–C) groups is 1. The van der Waals surface area contributed by atoms with Crippen LogP contribution in [0.15, 0.2) is 35.9 Å². The zero-order valence-electron chi connectivity index (χ0n) is 7.69. The quantitative estimate of drug-likeness (QED) is 0.508. The van der Waals surface area contributed by atoms with Gasteiger partial charge in [-0.05, 0) is 12.2 Å². The van der Waals surface area contributed by atoms with Gasteiger partial charge in [0.05, 0.1) is 6.33 Å². The Kier molecular flexibility index (Phi) is 1.57. The normalized spacial score (nSPS) is 22.5. The van der Waals surface area contributed by atoms with Crippen molar-refractivity contribution < 1.29 is 9.69 Å². The molecule has 6 nitrogen and oxygen atoms in total. The highest BCUT2D eigenvalue weighted by molar-refractivity contribution is 6.07. The van der Waals surface area contributed by atoms with Crippen molar-refractivity contribution in [2.24, 2.45) is 4.99 Å². The molecule has 1 amide bonds. The van der Waals surface area contributed by atoms with E-state index in [9.17, 15) is 4.79 Å². The number of hydrogen-bond donors (Lipinski definition) is 3. The van der Waals surface area contributed by atoms with E-state index in [1.54, 1.807) is 12.3 Å². The number of aromatic nitrogens is 2. The van der Waals surface area contributed by atoms with Crippen LogP contribution in [0.2, 0.25) is 0 Å². The number of rotatable bonds is 0. The summed E-state index contributed by atoms with van der Waals surface area (Å²) >= 11 is 0. The predicted octanol–water partition coefficient (Wildman–Crippen LogP) is -0.933. The van der Waals surface area contributed by atoms with Gasteiger partial charge >= 0.3 is 5.96 Å². The van der Waals surface area contributed by atoms with Crippen molar-refractivity contribution in [2.45, 2.75) is 0 Å². The van der Waals surface area contributed by atoms with Crippen molar-refractivity contribution in [3.05, 3.63) is 36.6 Å². The van der Waals surface area contributed by atoms with Gasteiger partial charge in [0.2, 0.25) is 11.5 Å². The summed E-state index contributed by atoms with van der Waals surface area (Å²) in [4.78, 5) is 23.5. The molecule has 0 saturated carbocycles. The monoisotopic (exact) mass is 202 g/mol. The second-order valence-corrected chi connectivity index (χ2v) is 3.17. The molecule has 3 N–H and O–H groups in total. The van der Waals surface area contributed by atoms with Crippen molar-refractivity contribution in [3.8, 4) is 0 Å². The molecule has 3 rings (SSSR count). The molecular weight excluding hydrogens is 194 g/mol. The van der Waals surface area contributed by atoms with Gasteiger partial charge in [-0.2, -0.15) is 9.89 Å².